The molecule has 4 nitrogen and oxygen atoms in total. The highest BCUT2D eigenvalue weighted by atomic mass is 127. The maximum Gasteiger partial charge on any atom is 0.195 e. The molecule has 0 amide bonds. The van der Waals surface area contributed by atoms with E-state index in [-0.39, 0.29) is 17.9 Å². The first-order valence-corrected chi connectivity index (χ1v) is 5.36. The molecule has 0 radical (unpaired) electrons. The average molecular weight is 330 g/mol. The van der Waals surface area contributed by atoms with E-state index in [1.165, 1.54) is 0 Å². The van der Waals surface area contributed by atoms with Crippen molar-refractivity contribution in [2.45, 2.75) is 13.0 Å². The number of nitrogens with zero attached hydrogens (tertiary/aromatic N) is 1. The number of rotatable bonds is 5. The maximum absolute atomic E-state index is 8.85. The van der Waals surface area contributed by atoms with Gasteiger partial charge in [0.05, 0.1) is 10.2 Å². The molecule has 14 heavy (non-hydrogen) atoms. The van der Waals surface area contributed by atoms with Gasteiger partial charge in [-0.25, -0.2) is 4.99 Å². The summed E-state index contributed by atoms with van der Waals surface area (Å²) >= 11 is 7.50. The normalized spacial score (nSPS) is 15.9. The Bertz CT molecular complexity index is 261. The van der Waals surface area contributed by atoms with Crippen LogP contribution in [0.25, 0.3) is 0 Å². The molecule has 4 N–H and O–H groups in total. The molecule has 0 rings (SSSR count). The molecule has 0 aliphatic heterocycles. The van der Waals surface area contributed by atoms with Crippen molar-refractivity contribution in [2.24, 2.45) is 10.7 Å². The summed E-state index contributed by atoms with van der Waals surface area (Å²) < 4.78 is 0.784. The fourth-order valence-electron chi connectivity index (χ4n) is 0.637. The number of nitrogens with two attached hydrogens (primary N) is 1. The first kappa shape index (κ1) is 13.7. The van der Waals surface area contributed by atoms with Gasteiger partial charge in [-0.2, -0.15) is 0 Å². The number of halogens is 2. The van der Waals surface area contributed by atoms with E-state index in [9.17, 15) is 0 Å². The summed E-state index contributed by atoms with van der Waals surface area (Å²) in [5.74, 6) is 0.509. The van der Waals surface area contributed by atoms with Gasteiger partial charge in [0.2, 0.25) is 0 Å². The van der Waals surface area contributed by atoms with Crippen LogP contribution in [0.5, 0.6) is 0 Å². The fourth-order valence-corrected chi connectivity index (χ4v) is 0.998. The Hall–Kier alpha value is -0.270. The summed E-state index contributed by atoms with van der Waals surface area (Å²) in [6.45, 7) is 5.42. The van der Waals surface area contributed by atoms with Crippen molar-refractivity contribution in [3.63, 3.8) is 0 Å². The van der Waals surface area contributed by atoms with Crippen molar-refractivity contribution in [1.82, 2.24) is 5.32 Å². The highest BCUT2D eigenvalue weighted by Crippen LogP contribution is 2.13. The van der Waals surface area contributed by atoms with Crippen molar-refractivity contribution in [1.29, 1.82) is 0 Å². The molecule has 0 saturated carbocycles. The maximum atomic E-state index is 8.85. The summed E-state index contributed by atoms with van der Waals surface area (Å²) in [7, 11) is 0. The predicted octanol–water partition coefficient (Wildman–Crippen LogP) is 1.30. The van der Waals surface area contributed by atoms with Gasteiger partial charge in [-0.15, -0.1) is 0 Å². The molecular weight excluding hydrogens is 316 g/mol. The lowest BCUT2D eigenvalue weighted by atomic mass is 10.3. The monoisotopic (exact) mass is 329 g/mol. The van der Waals surface area contributed by atoms with Gasteiger partial charge in [-0.1, -0.05) is 12.7 Å². The topological polar surface area (TPSA) is 70.6 Å². The van der Waals surface area contributed by atoms with Gasteiger partial charge in [-0.3, -0.25) is 0 Å². The van der Waals surface area contributed by atoms with Crippen LogP contribution in [0.3, 0.4) is 0 Å². The summed E-state index contributed by atoms with van der Waals surface area (Å²) in [5.41, 5.74) is 5.24. The number of allylic oxidation sites excluding steroid dienone is 2. The molecule has 0 aromatic carbocycles. The van der Waals surface area contributed by atoms with Crippen molar-refractivity contribution < 1.29 is 5.11 Å². The molecule has 0 spiro atoms. The summed E-state index contributed by atoms with van der Waals surface area (Å²) in [4.78, 5) is 3.87. The molecule has 0 saturated heterocycles. The minimum atomic E-state index is -0.116. The molecule has 1 atom stereocenters. The van der Waals surface area contributed by atoms with E-state index in [0.717, 1.165) is 3.58 Å². The Labute approximate surface area is 102 Å². The summed E-state index contributed by atoms with van der Waals surface area (Å²) in [5, 5.41) is 11.7. The highest BCUT2D eigenvalue weighted by Gasteiger charge is 2.05. The van der Waals surface area contributed by atoms with Crippen LogP contribution < -0.4 is 11.1 Å². The Morgan fingerprint density at radius 3 is 2.79 bits per heavy atom. The van der Waals surface area contributed by atoms with Crippen LogP contribution in [0.15, 0.2) is 27.0 Å². The number of amidine groups is 1. The quantitative estimate of drug-likeness (QED) is 0.234. The van der Waals surface area contributed by atoms with E-state index in [0.29, 0.717) is 5.82 Å². The molecule has 0 aromatic rings. The first-order valence-electron chi connectivity index (χ1n) is 3.90. The third-order valence-corrected chi connectivity index (χ3v) is 2.32. The third kappa shape index (κ3) is 5.46. The zero-order valence-corrected chi connectivity index (χ0v) is 10.7. The number of nitrogens with one attached hydrogen (secondary N) is 1. The minimum absolute atomic E-state index is 0.00226. The zero-order chi connectivity index (χ0) is 11.1. The van der Waals surface area contributed by atoms with Gasteiger partial charge in [0.25, 0.3) is 0 Å². The van der Waals surface area contributed by atoms with Crippen molar-refractivity contribution in [2.75, 3.05) is 6.61 Å². The average Bonchev–Trinajstić information content (AvgIpc) is 2.14. The number of aliphatic hydroxyl groups is 1. The zero-order valence-electron chi connectivity index (χ0n) is 7.80. The smallest absolute Gasteiger partial charge is 0.195 e. The van der Waals surface area contributed by atoms with E-state index in [1.54, 1.807) is 6.08 Å². The molecule has 0 unspecified atom stereocenters. The number of hydrogen-bond acceptors (Lipinski definition) is 3. The molecule has 0 aromatic heterocycles. The van der Waals surface area contributed by atoms with Crippen LogP contribution in [0, 0.1) is 0 Å². The lowest BCUT2D eigenvalue weighted by Crippen LogP contribution is -2.29. The van der Waals surface area contributed by atoms with Gasteiger partial charge >= 0.3 is 0 Å². The van der Waals surface area contributed by atoms with Gasteiger partial charge in [0, 0.05) is 6.04 Å². The van der Waals surface area contributed by atoms with Crippen LogP contribution in [-0.4, -0.2) is 23.1 Å². The lowest BCUT2D eigenvalue weighted by Gasteiger charge is -2.13. The molecule has 0 aliphatic carbocycles. The largest absolute Gasteiger partial charge is 0.394 e. The summed E-state index contributed by atoms with van der Waals surface area (Å²) in [6.07, 6.45) is 1.62. The Morgan fingerprint density at radius 1 is 1.86 bits per heavy atom. The van der Waals surface area contributed by atoms with Crippen LogP contribution in [0.2, 0.25) is 0 Å². The van der Waals surface area contributed by atoms with Gasteiger partial charge in [-0.05, 0) is 41.1 Å². The lowest BCUT2D eigenvalue weighted by molar-refractivity contribution is 0.258. The second kappa shape index (κ2) is 7.08. The molecule has 6 heteroatoms. The van der Waals surface area contributed by atoms with E-state index in [4.69, 9.17) is 22.4 Å². The standard InChI is InChI=1S/C8H13ClIN3O/c1-3-6(10)7(13-8(9)11)12-5(2)4-14/h3,5,12,14H,1,4H2,2H3,(H2,11,13)/b7-6+/t5-/m1/s1. The molecular formula is C8H13ClIN3O. The summed E-state index contributed by atoms with van der Waals surface area (Å²) in [6, 6.07) is -0.116. The highest BCUT2D eigenvalue weighted by molar-refractivity contribution is 14.1. The van der Waals surface area contributed by atoms with Crippen molar-refractivity contribution in [3.8, 4) is 0 Å². The van der Waals surface area contributed by atoms with Crippen LogP contribution in [0.1, 0.15) is 6.92 Å². The van der Waals surface area contributed by atoms with Crippen molar-refractivity contribution in [3.05, 3.63) is 22.1 Å². The van der Waals surface area contributed by atoms with E-state index in [1.807, 2.05) is 29.5 Å². The SMILES string of the molecule is C=C/C(I)=C(\N=C(/N)Cl)N[C@H](C)CO. The second-order valence-corrected chi connectivity index (χ2v) is 4.11. The minimum Gasteiger partial charge on any atom is -0.394 e. The Kier molecular flexibility index (Phi) is 6.94. The van der Waals surface area contributed by atoms with Gasteiger partial charge in [0.15, 0.2) is 5.29 Å². The molecule has 80 valence electrons. The molecule has 0 bridgehead atoms. The molecule has 0 fully saturated rings. The van der Waals surface area contributed by atoms with Crippen LogP contribution >= 0.6 is 34.2 Å². The predicted molar refractivity (Wildman–Crippen MR) is 68.4 cm³/mol. The number of aliphatic hydroxyl groups excluding tert-OH is 1. The van der Waals surface area contributed by atoms with Crippen molar-refractivity contribution >= 4 is 39.5 Å². The Morgan fingerprint density at radius 2 is 2.43 bits per heavy atom. The number of aliphatic imine (C=N–C) groups is 1. The van der Waals surface area contributed by atoms with E-state index >= 15 is 0 Å². The third-order valence-electron chi connectivity index (χ3n) is 1.28. The molecule has 0 aliphatic rings. The van der Waals surface area contributed by atoms with E-state index < -0.39 is 0 Å². The fraction of sp³-hybridized carbons (Fsp3) is 0.375. The van der Waals surface area contributed by atoms with Gasteiger partial charge in [0.1, 0.15) is 5.82 Å². The first-order chi connectivity index (χ1) is 6.51. The number of hydrogen-bond donors (Lipinski definition) is 3. The van der Waals surface area contributed by atoms with E-state index in [2.05, 4.69) is 16.9 Å². The van der Waals surface area contributed by atoms with Crippen LogP contribution in [-0.2, 0) is 0 Å². The molecule has 0 heterocycles. The Balaban J connectivity index is 4.75. The van der Waals surface area contributed by atoms with Crippen LogP contribution in [0.4, 0.5) is 0 Å². The van der Waals surface area contributed by atoms with Gasteiger partial charge < -0.3 is 16.2 Å². The second-order valence-electron chi connectivity index (χ2n) is 2.56.